The molecule has 4 heteroatoms. The highest BCUT2D eigenvalue weighted by molar-refractivity contribution is 7.09. The van der Waals surface area contributed by atoms with Gasteiger partial charge in [-0.15, -0.1) is 11.3 Å². The van der Waals surface area contributed by atoms with Crippen molar-refractivity contribution in [3.63, 3.8) is 0 Å². The standard InChI is InChI=1S/C9H12N2OS/c1-6-2-8(6)9(12)11-4-7-3-10-5-13-7/h3,5-6,8H,2,4H2,1H3,(H,11,12)/t6-,8-/m1/s1. The van der Waals surface area contributed by atoms with E-state index in [4.69, 9.17) is 0 Å². The molecule has 2 rings (SSSR count). The average Bonchev–Trinajstić information content (AvgIpc) is 2.68. The molecule has 1 heterocycles. The quantitative estimate of drug-likeness (QED) is 0.794. The Bertz CT molecular complexity index is 297. The minimum Gasteiger partial charge on any atom is -0.351 e. The Morgan fingerprint density at radius 3 is 3.15 bits per heavy atom. The van der Waals surface area contributed by atoms with E-state index in [1.165, 1.54) is 0 Å². The van der Waals surface area contributed by atoms with Crippen LogP contribution in [0.3, 0.4) is 0 Å². The first kappa shape index (κ1) is 8.69. The first-order valence-corrected chi connectivity index (χ1v) is 5.30. The third-order valence-electron chi connectivity index (χ3n) is 2.37. The number of carbonyl (C=O) groups is 1. The van der Waals surface area contributed by atoms with Crippen LogP contribution in [0, 0.1) is 11.8 Å². The Morgan fingerprint density at radius 1 is 1.85 bits per heavy atom. The molecule has 1 aromatic heterocycles. The van der Waals surface area contributed by atoms with E-state index in [9.17, 15) is 4.79 Å². The number of amides is 1. The molecule has 0 aromatic carbocycles. The second kappa shape index (κ2) is 3.46. The Hall–Kier alpha value is -0.900. The zero-order valence-electron chi connectivity index (χ0n) is 7.49. The number of hydrogen-bond acceptors (Lipinski definition) is 3. The van der Waals surface area contributed by atoms with Gasteiger partial charge >= 0.3 is 0 Å². The molecule has 0 spiro atoms. The molecule has 0 saturated heterocycles. The Kier molecular flexibility index (Phi) is 2.31. The third kappa shape index (κ3) is 2.06. The molecule has 0 aliphatic heterocycles. The Morgan fingerprint density at radius 2 is 2.62 bits per heavy atom. The van der Waals surface area contributed by atoms with E-state index in [0.717, 1.165) is 11.3 Å². The Labute approximate surface area is 81.2 Å². The molecular weight excluding hydrogens is 184 g/mol. The number of rotatable bonds is 3. The van der Waals surface area contributed by atoms with Gasteiger partial charge in [0.25, 0.3) is 0 Å². The van der Waals surface area contributed by atoms with E-state index in [1.807, 2.05) is 0 Å². The highest BCUT2D eigenvalue weighted by Crippen LogP contribution is 2.37. The van der Waals surface area contributed by atoms with Gasteiger partial charge in [-0.3, -0.25) is 9.78 Å². The predicted molar refractivity (Wildman–Crippen MR) is 51.2 cm³/mol. The van der Waals surface area contributed by atoms with Gasteiger partial charge in [-0.1, -0.05) is 6.92 Å². The lowest BCUT2D eigenvalue weighted by Gasteiger charge is -2.00. The molecule has 0 unspecified atom stereocenters. The summed E-state index contributed by atoms with van der Waals surface area (Å²) < 4.78 is 0. The van der Waals surface area contributed by atoms with Crippen LogP contribution in [-0.4, -0.2) is 10.9 Å². The summed E-state index contributed by atoms with van der Waals surface area (Å²) in [6, 6.07) is 0. The molecule has 1 N–H and O–H groups in total. The maximum Gasteiger partial charge on any atom is 0.223 e. The lowest BCUT2D eigenvalue weighted by Crippen LogP contribution is -2.24. The summed E-state index contributed by atoms with van der Waals surface area (Å²) in [4.78, 5) is 16.4. The number of nitrogens with one attached hydrogen (secondary N) is 1. The maximum atomic E-state index is 11.4. The minimum atomic E-state index is 0.195. The molecule has 3 nitrogen and oxygen atoms in total. The van der Waals surface area contributed by atoms with Crippen molar-refractivity contribution >= 4 is 17.2 Å². The molecule has 2 atom stereocenters. The Balaban J connectivity index is 1.77. The molecule has 1 saturated carbocycles. The van der Waals surface area contributed by atoms with Gasteiger partial charge in [-0.2, -0.15) is 0 Å². The van der Waals surface area contributed by atoms with Crippen LogP contribution in [0.2, 0.25) is 0 Å². The monoisotopic (exact) mass is 196 g/mol. The highest BCUT2D eigenvalue weighted by Gasteiger charge is 2.38. The van der Waals surface area contributed by atoms with E-state index >= 15 is 0 Å². The summed E-state index contributed by atoms with van der Waals surface area (Å²) in [5, 5.41) is 2.91. The van der Waals surface area contributed by atoms with Crippen molar-refractivity contribution in [2.45, 2.75) is 19.9 Å². The number of aromatic nitrogens is 1. The lowest BCUT2D eigenvalue weighted by atomic mass is 10.3. The summed E-state index contributed by atoms with van der Waals surface area (Å²) >= 11 is 1.57. The van der Waals surface area contributed by atoms with Crippen LogP contribution in [-0.2, 0) is 11.3 Å². The van der Waals surface area contributed by atoms with Crippen LogP contribution >= 0.6 is 11.3 Å². The number of carbonyl (C=O) groups excluding carboxylic acids is 1. The fourth-order valence-corrected chi connectivity index (χ4v) is 1.86. The predicted octanol–water partition coefficient (Wildman–Crippen LogP) is 1.42. The van der Waals surface area contributed by atoms with Crippen LogP contribution in [0.25, 0.3) is 0 Å². The molecule has 1 aliphatic carbocycles. The van der Waals surface area contributed by atoms with Gasteiger partial charge in [-0.25, -0.2) is 0 Å². The molecule has 0 bridgehead atoms. The fraction of sp³-hybridized carbons (Fsp3) is 0.556. The van der Waals surface area contributed by atoms with Crippen LogP contribution in [0.1, 0.15) is 18.2 Å². The summed E-state index contributed by atoms with van der Waals surface area (Å²) in [7, 11) is 0. The van der Waals surface area contributed by atoms with E-state index in [1.54, 1.807) is 23.0 Å². The SMILES string of the molecule is C[C@@H]1C[C@H]1C(=O)NCc1cncs1. The van der Waals surface area contributed by atoms with E-state index < -0.39 is 0 Å². The molecule has 1 fully saturated rings. The normalized spacial score (nSPS) is 25.6. The summed E-state index contributed by atoms with van der Waals surface area (Å²) in [5.74, 6) is 1.05. The summed E-state index contributed by atoms with van der Waals surface area (Å²) in [5.41, 5.74) is 1.78. The van der Waals surface area contributed by atoms with Crippen LogP contribution in [0.5, 0.6) is 0 Å². The minimum absolute atomic E-state index is 0.195. The molecular formula is C9H12N2OS. The van der Waals surface area contributed by atoms with Crippen LogP contribution in [0.15, 0.2) is 11.7 Å². The van der Waals surface area contributed by atoms with Gasteiger partial charge in [0.1, 0.15) is 0 Å². The van der Waals surface area contributed by atoms with Crippen molar-refractivity contribution in [3.8, 4) is 0 Å². The van der Waals surface area contributed by atoms with Crippen LogP contribution in [0.4, 0.5) is 0 Å². The lowest BCUT2D eigenvalue weighted by molar-refractivity contribution is -0.122. The zero-order chi connectivity index (χ0) is 9.26. The zero-order valence-corrected chi connectivity index (χ0v) is 8.30. The molecule has 13 heavy (non-hydrogen) atoms. The van der Waals surface area contributed by atoms with Crippen molar-refractivity contribution < 1.29 is 4.79 Å². The smallest absolute Gasteiger partial charge is 0.223 e. The van der Waals surface area contributed by atoms with Crippen LogP contribution < -0.4 is 5.32 Å². The van der Waals surface area contributed by atoms with Crippen molar-refractivity contribution in [3.05, 3.63) is 16.6 Å². The van der Waals surface area contributed by atoms with Gasteiger partial charge in [-0.05, 0) is 12.3 Å². The first-order valence-electron chi connectivity index (χ1n) is 4.42. The number of hydrogen-bond donors (Lipinski definition) is 1. The van der Waals surface area contributed by atoms with Crippen molar-refractivity contribution in [2.75, 3.05) is 0 Å². The summed E-state index contributed by atoms with van der Waals surface area (Å²) in [6.07, 6.45) is 2.84. The van der Waals surface area contributed by atoms with E-state index in [2.05, 4.69) is 17.2 Å². The van der Waals surface area contributed by atoms with Gasteiger partial charge in [0, 0.05) is 17.0 Å². The van der Waals surface area contributed by atoms with Gasteiger partial charge < -0.3 is 5.32 Å². The average molecular weight is 196 g/mol. The third-order valence-corrected chi connectivity index (χ3v) is 3.15. The topological polar surface area (TPSA) is 42.0 Å². The van der Waals surface area contributed by atoms with Crippen molar-refractivity contribution in [1.29, 1.82) is 0 Å². The number of thiazole rings is 1. The summed E-state index contributed by atoms with van der Waals surface area (Å²) in [6.45, 7) is 2.74. The molecule has 1 aromatic rings. The van der Waals surface area contributed by atoms with Gasteiger partial charge in [0.05, 0.1) is 12.1 Å². The molecule has 1 aliphatic rings. The van der Waals surface area contributed by atoms with E-state index in [0.29, 0.717) is 12.5 Å². The molecule has 1 amide bonds. The maximum absolute atomic E-state index is 11.4. The van der Waals surface area contributed by atoms with Crippen molar-refractivity contribution in [1.82, 2.24) is 10.3 Å². The first-order chi connectivity index (χ1) is 6.27. The largest absolute Gasteiger partial charge is 0.351 e. The van der Waals surface area contributed by atoms with Crippen molar-refractivity contribution in [2.24, 2.45) is 11.8 Å². The second-order valence-electron chi connectivity index (χ2n) is 3.51. The van der Waals surface area contributed by atoms with Gasteiger partial charge in [0.2, 0.25) is 5.91 Å². The molecule has 0 radical (unpaired) electrons. The number of nitrogens with zero attached hydrogens (tertiary/aromatic N) is 1. The molecule has 70 valence electrons. The highest BCUT2D eigenvalue weighted by atomic mass is 32.1. The van der Waals surface area contributed by atoms with E-state index in [-0.39, 0.29) is 11.8 Å². The fourth-order valence-electron chi connectivity index (χ4n) is 1.32. The van der Waals surface area contributed by atoms with Gasteiger partial charge in [0.15, 0.2) is 0 Å². The second-order valence-corrected chi connectivity index (χ2v) is 4.48.